The highest BCUT2D eigenvalue weighted by Crippen LogP contribution is 2.45. The predicted molar refractivity (Wildman–Crippen MR) is 168 cm³/mol. The van der Waals surface area contributed by atoms with Crippen molar-refractivity contribution in [3.8, 4) is 44.5 Å². The van der Waals surface area contributed by atoms with Gasteiger partial charge in [-0.1, -0.05) is 84.9 Å². The Morgan fingerprint density at radius 1 is 0.625 bits per heavy atom. The summed E-state index contributed by atoms with van der Waals surface area (Å²) < 4.78 is 0. The number of hydrogen-bond acceptors (Lipinski definition) is 2. The second-order valence-corrected chi connectivity index (χ2v) is 10.6. The van der Waals surface area contributed by atoms with Gasteiger partial charge in [0.2, 0.25) is 0 Å². The summed E-state index contributed by atoms with van der Waals surface area (Å²) in [6.07, 6.45) is 12.4. The molecule has 0 bridgehead atoms. The molecular weight excluding hydrogens is 484 g/mol. The number of benzene rings is 4. The highest BCUT2D eigenvalue weighted by Gasteiger charge is 2.22. The van der Waals surface area contributed by atoms with Crippen LogP contribution in [0.5, 0.6) is 0 Å². The summed E-state index contributed by atoms with van der Waals surface area (Å²) in [4.78, 5) is 8.90. The Kier molecular flexibility index (Phi) is 6.09. The Labute approximate surface area is 235 Å². The van der Waals surface area contributed by atoms with Crippen molar-refractivity contribution in [3.63, 3.8) is 0 Å². The Morgan fingerprint density at radius 3 is 2.20 bits per heavy atom. The predicted octanol–water partition coefficient (Wildman–Crippen LogP) is 9.87. The van der Waals surface area contributed by atoms with Crippen molar-refractivity contribution >= 4 is 16.8 Å². The molecule has 0 radical (unpaired) electrons. The number of pyridine rings is 2. The molecule has 192 valence electrons. The highest BCUT2D eigenvalue weighted by atomic mass is 14.7. The molecule has 0 saturated carbocycles. The first-order valence-electron chi connectivity index (χ1n) is 14.0. The first-order valence-corrected chi connectivity index (χ1v) is 14.0. The second kappa shape index (κ2) is 10.1. The number of nitrogens with zero attached hydrogens (tertiary/aromatic N) is 2. The molecule has 0 atom stereocenters. The van der Waals surface area contributed by atoms with E-state index in [1.165, 1.54) is 72.0 Å². The van der Waals surface area contributed by atoms with Crippen molar-refractivity contribution in [1.82, 2.24) is 9.97 Å². The van der Waals surface area contributed by atoms with E-state index in [9.17, 15) is 0 Å². The third kappa shape index (κ3) is 4.13. The van der Waals surface area contributed by atoms with E-state index in [0.717, 1.165) is 18.5 Å². The Hall–Kier alpha value is -4.82. The number of aryl methyl sites for hydroxylation is 2. The maximum Gasteiger partial charge on any atom is 0.0450 e. The van der Waals surface area contributed by atoms with Crippen LogP contribution in [0.3, 0.4) is 0 Å². The summed E-state index contributed by atoms with van der Waals surface area (Å²) in [7, 11) is 0. The lowest BCUT2D eigenvalue weighted by Gasteiger charge is -2.24. The van der Waals surface area contributed by atoms with Gasteiger partial charge >= 0.3 is 0 Å². The topological polar surface area (TPSA) is 25.8 Å². The minimum Gasteiger partial charge on any atom is -0.264 e. The maximum absolute atomic E-state index is 4.54. The first kappa shape index (κ1) is 24.2. The molecule has 40 heavy (non-hydrogen) atoms. The Morgan fingerprint density at radius 2 is 1.40 bits per heavy atom. The third-order valence-corrected chi connectivity index (χ3v) is 8.20. The zero-order valence-corrected chi connectivity index (χ0v) is 22.9. The second-order valence-electron chi connectivity index (χ2n) is 10.6. The van der Waals surface area contributed by atoms with E-state index in [0.29, 0.717) is 0 Å². The smallest absolute Gasteiger partial charge is 0.0450 e. The van der Waals surface area contributed by atoms with Crippen molar-refractivity contribution in [1.29, 1.82) is 0 Å². The fourth-order valence-corrected chi connectivity index (χ4v) is 6.24. The van der Waals surface area contributed by atoms with Crippen molar-refractivity contribution in [2.45, 2.75) is 26.7 Å². The van der Waals surface area contributed by atoms with Gasteiger partial charge < -0.3 is 0 Å². The molecule has 4 aromatic carbocycles. The minimum atomic E-state index is 1.03. The van der Waals surface area contributed by atoms with Gasteiger partial charge in [-0.25, -0.2) is 0 Å². The average Bonchev–Trinajstić information content (AvgIpc) is 3.00. The molecule has 1 aliphatic rings. The summed E-state index contributed by atoms with van der Waals surface area (Å²) in [5, 5.41) is 2.59. The molecule has 2 aromatic heterocycles. The molecule has 2 heterocycles. The number of aromatic nitrogens is 2. The molecule has 0 fully saturated rings. The lowest BCUT2D eigenvalue weighted by Crippen LogP contribution is -2.02. The van der Waals surface area contributed by atoms with Crippen LogP contribution in [0.4, 0.5) is 0 Å². The van der Waals surface area contributed by atoms with Crippen LogP contribution in [-0.2, 0) is 6.42 Å². The minimum absolute atomic E-state index is 1.03. The molecule has 0 aliphatic heterocycles. The molecule has 2 heteroatoms. The summed E-state index contributed by atoms with van der Waals surface area (Å²) in [5.74, 6) is 0. The van der Waals surface area contributed by atoms with E-state index < -0.39 is 0 Å². The lowest BCUT2D eigenvalue weighted by molar-refractivity contribution is 0.991. The molecular formula is C38H30N2. The third-order valence-electron chi connectivity index (χ3n) is 8.20. The van der Waals surface area contributed by atoms with Gasteiger partial charge in [-0.05, 0) is 106 Å². The van der Waals surface area contributed by atoms with E-state index in [1.807, 2.05) is 24.7 Å². The fraction of sp³-hybridized carbons (Fsp3) is 0.105. The van der Waals surface area contributed by atoms with Gasteiger partial charge in [-0.15, -0.1) is 0 Å². The summed E-state index contributed by atoms with van der Waals surface area (Å²) >= 11 is 0. The number of allylic oxidation sites excluding steroid dienone is 1. The zero-order valence-electron chi connectivity index (χ0n) is 22.9. The van der Waals surface area contributed by atoms with E-state index in [1.54, 1.807) is 0 Å². The molecule has 0 amide bonds. The zero-order chi connectivity index (χ0) is 27.1. The van der Waals surface area contributed by atoms with Gasteiger partial charge in [-0.2, -0.15) is 0 Å². The SMILES string of the molecule is Cc1ccncc1-c1ccc(-c2c3c(c(-c4cccc(-c5cccnc5C)c4)c4ccccc24)CCC=C3)cc1. The normalized spacial score (nSPS) is 12.4. The van der Waals surface area contributed by atoms with Crippen LogP contribution in [0.1, 0.15) is 28.8 Å². The van der Waals surface area contributed by atoms with Crippen molar-refractivity contribution in [2.24, 2.45) is 0 Å². The van der Waals surface area contributed by atoms with Gasteiger partial charge in [0.05, 0.1) is 0 Å². The van der Waals surface area contributed by atoms with Crippen LogP contribution < -0.4 is 0 Å². The number of hydrogen-bond donors (Lipinski definition) is 0. The van der Waals surface area contributed by atoms with Crippen molar-refractivity contribution in [2.75, 3.05) is 0 Å². The molecule has 0 spiro atoms. The molecule has 2 nitrogen and oxygen atoms in total. The van der Waals surface area contributed by atoms with Gasteiger partial charge in [0.25, 0.3) is 0 Å². The van der Waals surface area contributed by atoms with E-state index in [-0.39, 0.29) is 0 Å². The van der Waals surface area contributed by atoms with Gasteiger partial charge in [0.1, 0.15) is 0 Å². The van der Waals surface area contributed by atoms with Gasteiger partial charge in [-0.3, -0.25) is 9.97 Å². The summed E-state index contributed by atoms with van der Waals surface area (Å²) in [6, 6.07) is 33.2. The molecule has 6 aromatic rings. The molecule has 0 unspecified atom stereocenters. The number of rotatable bonds is 4. The van der Waals surface area contributed by atoms with Crippen LogP contribution in [0, 0.1) is 13.8 Å². The molecule has 7 rings (SSSR count). The van der Waals surface area contributed by atoms with E-state index in [4.69, 9.17) is 0 Å². The van der Waals surface area contributed by atoms with Crippen LogP contribution >= 0.6 is 0 Å². The quantitative estimate of drug-likeness (QED) is 0.234. The van der Waals surface area contributed by atoms with Crippen LogP contribution in [-0.4, -0.2) is 9.97 Å². The molecule has 0 N–H and O–H groups in total. The van der Waals surface area contributed by atoms with Crippen molar-refractivity contribution in [3.05, 3.63) is 138 Å². The fourth-order valence-electron chi connectivity index (χ4n) is 6.24. The van der Waals surface area contributed by atoms with Crippen LogP contribution in [0.25, 0.3) is 61.4 Å². The lowest BCUT2D eigenvalue weighted by atomic mass is 9.80. The Balaban J connectivity index is 1.44. The average molecular weight is 515 g/mol. The monoisotopic (exact) mass is 514 g/mol. The van der Waals surface area contributed by atoms with Crippen LogP contribution in [0.15, 0.2) is 116 Å². The van der Waals surface area contributed by atoms with Gasteiger partial charge in [0, 0.05) is 35.4 Å². The van der Waals surface area contributed by atoms with Crippen LogP contribution in [0.2, 0.25) is 0 Å². The van der Waals surface area contributed by atoms with Crippen molar-refractivity contribution < 1.29 is 0 Å². The standard InChI is InChI=1S/C38H30N2/c1-25-20-22-39-24-36(25)27-16-18-28(19-17-27)37-32-11-3-5-13-34(32)38(35-14-6-4-12-33(35)37)30-10-7-9-29(23-30)31-15-8-21-40-26(31)2/h3-5,7-13,15-24H,6,14H2,1-2H3. The first-order chi connectivity index (χ1) is 19.7. The van der Waals surface area contributed by atoms with E-state index >= 15 is 0 Å². The van der Waals surface area contributed by atoms with E-state index in [2.05, 4.69) is 121 Å². The number of fused-ring (bicyclic) bond motifs is 2. The summed E-state index contributed by atoms with van der Waals surface area (Å²) in [5.41, 5.74) is 15.0. The Bertz CT molecular complexity index is 1910. The largest absolute Gasteiger partial charge is 0.264 e. The summed E-state index contributed by atoms with van der Waals surface area (Å²) in [6.45, 7) is 4.22. The highest BCUT2D eigenvalue weighted by molar-refractivity contribution is 6.10. The molecule has 1 aliphatic carbocycles. The molecule has 0 saturated heterocycles. The van der Waals surface area contributed by atoms with Gasteiger partial charge in [0.15, 0.2) is 0 Å². The maximum atomic E-state index is 4.54.